The van der Waals surface area contributed by atoms with Gasteiger partial charge in [-0.3, -0.25) is 0 Å². The van der Waals surface area contributed by atoms with Gasteiger partial charge in [-0.25, -0.2) is 13.8 Å². The number of rotatable bonds is 2. The van der Waals surface area contributed by atoms with E-state index in [9.17, 15) is 8.78 Å². The fourth-order valence-electron chi connectivity index (χ4n) is 2.51. The van der Waals surface area contributed by atoms with Crippen molar-refractivity contribution in [1.29, 1.82) is 0 Å². The van der Waals surface area contributed by atoms with Gasteiger partial charge in [0.2, 0.25) is 0 Å². The Bertz CT molecular complexity index is 609. The molecule has 19 heavy (non-hydrogen) atoms. The molecular formula is C14H14F2N2S. The highest BCUT2D eigenvalue weighted by Crippen LogP contribution is 2.38. The van der Waals surface area contributed by atoms with Crippen molar-refractivity contribution in [2.45, 2.75) is 25.2 Å². The molecule has 0 amide bonds. The van der Waals surface area contributed by atoms with Gasteiger partial charge in [0.1, 0.15) is 16.6 Å². The van der Waals surface area contributed by atoms with E-state index >= 15 is 0 Å². The maximum Gasteiger partial charge on any atom is 0.136 e. The third-order valence-electron chi connectivity index (χ3n) is 3.52. The van der Waals surface area contributed by atoms with Crippen molar-refractivity contribution >= 4 is 11.3 Å². The van der Waals surface area contributed by atoms with Crippen molar-refractivity contribution < 1.29 is 8.78 Å². The second-order valence-electron chi connectivity index (χ2n) is 4.78. The molecular weight excluding hydrogens is 266 g/mol. The van der Waals surface area contributed by atoms with E-state index < -0.39 is 11.6 Å². The van der Waals surface area contributed by atoms with E-state index in [1.807, 2.05) is 0 Å². The summed E-state index contributed by atoms with van der Waals surface area (Å²) >= 11 is 1.50. The highest BCUT2D eigenvalue weighted by atomic mass is 32.1. The summed E-state index contributed by atoms with van der Waals surface area (Å²) in [6, 6.07) is 3.61. The molecule has 0 aliphatic heterocycles. The first-order valence-corrected chi connectivity index (χ1v) is 7.15. The Kier molecular flexibility index (Phi) is 3.33. The van der Waals surface area contributed by atoms with E-state index in [4.69, 9.17) is 5.73 Å². The van der Waals surface area contributed by atoms with Gasteiger partial charge in [0.15, 0.2) is 0 Å². The fourth-order valence-corrected chi connectivity index (χ4v) is 3.73. The summed E-state index contributed by atoms with van der Waals surface area (Å²) in [5.74, 6) is -0.852. The highest BCUT2D eigenvalue weighted by molar-refractivity contribution is 7.15. The van der Waals surface area contributed by atoms with E-state index in [2.05, 4.69) is 4.98 Å². The molecule has 1 aliphatic rings. The van der Waals surface area contributed by atoms with Crippen LogP contribution in [0.3, 0.4) is 0 Å². The summed E-state index contributed by atoms with van der Waals surface area (Å²) in [4.78, 5) is 5.73. The monoisotopic (exact) mass is 280 g/mol. The molecule has 1 heterocycles. The number of aromatic nitrogens is 1. The Labute approximate surface area is 114 Å². The molecule has 0 saturated carbocycles. The molecule has 5 heteroatoms. The minimum atomic E-state index is -0.567. The first-order valence-electron chi connectivity index (χ1n) is 6.34. The molecule has 0 radical (unpaired) electrons. The molecule has 0 fully saturated rings. The third-order valence-corrected chi connectivity index (χ3v) is 4.68. The molecule has 1 unspecified atom stereocenters. The zero-order valence-corrected chi connectivity index (χ0v) is 11.1. The summed E-state index contributed by atoms with van der Waals surface area (Å²) in [6.07, 6.45) is 3.12. The smallest absolute Gasteiger partial charge is 0.136 e. The number of fused-ring (bicyclic) bond motifs is 1. The van der Waals surface area contributed by atoms with Crippen LogP contribution in [0.15, 0.2) is 18.2 Å². The van der Waals surface area contributed by atoms with Crippen molar-refractivity contribution in [3.8, 4) is 10.6 Å². The van der Waals surface area contributed by atoms with Crippen LogP contribution < -0.4 is 5.73 Å². The summed E-state index contributed by atoms with van der Waals surface area (Å²) in [6.45, 7) is 0.572. The van der Waals surface area contributed by atoms with Gasteiger partial charge in [0.05, 0.1) is 5.69 Å². The predicted molar refractivity (Wildman–Crippen MR) is 72.2 cm³/mol. The van der Waals surface area contributed by atoms with Gasteiger partial charge in [-0.15, -0.1) is 11.3 Å². The average molecular weight is 280 g/mol. The van der Waals surface area contributed by atoms with Crippen molar-refractivity contribution in [1.82, 2.24) is 4.98 Å². The number of thiazole rings is 1. The lowest BCUT2D eigenvalue weighted by Crippen LogP contribution is -2.17. The lowest BCUT2D eigenvalue weighted by molar-refractivity contribution is 0.554. The van der Waals surface area contributed by atoms with Crippen molar-refractivity contribution in [2.75, 3.05) is 6.54 Å². The predicted octanol–water partition coefficient (Wildman–Crippen LogP) is 3.47. The van der Waals surface area contributed by atoms with E-state index in [0.717, 1.165) is 31.0 Å². The first kappa shape index (κ1) is 12.7. The van der Waals surface area contributed by atoms with E-state index in [0.29, 0.717) is 17.1 Å². The van der Waals surface area contributed by atoms with Gasteiger partial charge >= 0.3 is 0 Å². The molecule has 1 aromatic heterocycles. The second-order valence-corrected chi connectivity index (χ2v) is 5.86. The highest BCUT2D eigenvalue weighted by Gasteiger charge is 2.24. The van der Waals surface area contributed by atoms with Gasteiger partial charge < -0.3 is 5.73 Å². The van der Waals surface area contributed by atoms with Gasteiger partial charge in [-0.05, 0) is 31.4 Å². The maximum absolute atomic E-state index is 13.8. The normalized spacial score (nSPS) is 18.4. The Hall–Kier alpha value is -1.33. The number of halogens is 2. The largest absolute Gasteiger partial charge is 0.330 e. The third kappa shape index (κ3) is 2.28. The van der Waals surface area contributed by atoms with Crippen molar-refractivity contribution in [3.05, 3.63) is 40.4 Å². The number of nitrogens with two attached hydrogens (primary N) is 1. The van der Waals surface area contributed by atoms with Crippen LogP contribution in [0.5, 0.6) is 0 Å². The zero-order chi connectivity index (χ0) is 13.4. The standard InChI is InChI=1S/C14H14F2N2S/c15-9-4-5-10(11(16)6-9)14-18-13-8(7-17)2-1-3-12(13)19-14/h4-6,8H,1-3,7,17H2. The Morgan fingerprint density at radius 3 is 2.95 bits per heavy atom. The van der Waals surface area contributed by atoms with Crippen LogP contribution >= 0.6 is 11.3 Å². The number of nitrogens with zero attached hydrogens (tertiary/aromatic N) is 1. The van der Waals surface area contributed by atoms with Gasteiger partial charge in [-0.2, -0.15) is 0 Å². The summed E-state index contributed by atoms with van der Waals surface area (Å²) in [5, 5.41) is 0.628. The molecule has 3 rings (SSSR count). The Morgan fingerprint density at radius 2 is 2.21 bits per heavy atom. The van der Waals surface area contributed by atoms with Crippen LogP contribution in [-0.4, -0.2) is 11.5 Å². The fraction of sp³-hybridized carbons (Fsp3) is 0.357. The van der Waals surface area contributed by atoms with Crippen LogP contribution in [0.4, 0.5) is 8.78 Å². The SMILES string of the molecule is NCC1CCCc2sc(-c3ccc(F)cc3F)nc21. The zero-order valence-electron chi connectivity index (χ0n) is 10.3. The maximum atomic E-state index is 13.8. The van der Waals surface area contributed by atoms with Gasteiger partial charge in [-0.1, -0.05) is 0 Å². The number of hydrogen-bond donors (Lipinski definition) is 1. The number of hydrogen-bond acceptors (Lipinski definition) is 3. The molecule has 100 valence electrons. The Morgan fingerprint density at radius 1 is 1.37 bits per heavy atom. The number of benzene rings is 1. The molecule has 1 atom stereocenters. The topological polar surface area (TPSA) is 38.9 Å². The quantitative estimate of drug-likeness (QED) is 0.915. The summed E-state index contributed by atoms with van der Waals surface area (Å²) < 4.78 is 26.7. The van der Waals surface area contributed by atoms with E-state index in [-0.39, 0.29) is 5.92 Å². The van der Waals surface area contributed by atoms with E-state index in [1.165, 1.54) is 28.3 Å². The minimum Gasteiger partial charge on any atom is -0.330 e. The van der Waals surface area contributed by atoms with Crippen LogP contribution in [0, 0.1) is 11.6 Å². The molecule has 0 saturated heterocycles. The van der Waals surface area contributed by atoms with Crippen LogP contribution in [0.2, 0.25) is 0 Å². The molecule has 1 aliphatic carbocycles. The van der Waals surface area contributed by atoms with E-state index in [1.54, 1.807) is 0 Å². The molecule has 0 spiro atoms. The van der Waals surface area contributed by atoms with Crippen molar-refractivity contribution in [3.63, 3.8) is 0 Å². The van der Waals surface area contributed by atoms with Crippen LogP contribution in [0.25, 0.3) is 10.6 Å². The van der Waals surface area contributed by atoms with Crippen molar-refractivity contribution in [2.24, 2.45) is 5.73 Å². The van der Waals surface area contributed by atoms with Gasteiger partial charge in [0, 0.05) is 29.0 Å². The number of aryl methyl sites for hydroxylation is 1. The molecule has 1 aromatic carbocycles. The average Bonchev–Trinajstić information content (AvgIpc) is 2.81. The first-order chi connectivity index (χ1) is 9.19. The lowest BCUT2D eigenvalue weighted by Gasteiger charge is -2.18. The van der Waals surface area contributed by atoms with Crippen LogP contribution in [-0.2, 0) is 6.42 Å². The molecule has 2 aromatic rings. The minimum absolute atomic E-state index is 0.275. The second kappa shape index (κ2) is 4.98. The lowest BCUT2D eigenvalue weighted by atomic mass is 9.91. The van der Waals surface area contributed by atoms with Crippen LogP contribution in [0.1, 0.15) is 29.3 Å². The molecule has 2 N–H and O–H groups in total. The Balaban J connectivity index is 2.05. The molecule has 2 nitrogen and oxygen atoms in total. The molecule has 0 bridgehead atoms. The summed E-state index contributed by atoms with van der Waals surface area (Å²) in [5.41, 5.74) is 7.14. The summed E-state index contributed by atoms with van der Waals surface area (Å²) in [7, 11) is 0. The van der Waals surface area contributed by atoms with Gasteiger partial charge in [0.25, 0.3) is 0 Å².